The second kappa shape index (κ2) is 9.68. The minimum atomic E-state index is -0.417. The predicted octanol–water partition coefficient (Wildman–Crippen LogP) is 5.90. The monoisotopic (exact) mass is 523 g/mol. The standard InChI is InChI=1S/C26H25N3O5S2/c1-4-33-19-11-9-17(10-12-19)28-24(30)22-20-13-26(2,3)34-14-21(20)36-23(22)27-25(28)35-15-16-5-7-18(8-6-16)29(31)32/h5-12H,4,13-15H2,1-3H3. The Morgan fingerprint density at radius 3 is 2.58 bits per heavy atom. The molecule has 0 unspecified atom stereocenters. The maximum atomic E-state index is 14.0. The van der Waals surface area contributed by atoms with Crippen LogP contribution >= 0.6 is 23.1 Å². The highest BCUT2D eigenvalue weighted by Gasteiger charge is 2.31. The highest BCUT2D eigenvalue weighted by Crippen LogP contribution is 2.38. The van der Waals surface area contributed by atoms with E-state index in [0.717, 1.165) is 21.8 Å². The first-order chi connectivity index (χ1) is 17.3. The summed E-state index contributed by atoms with van der Waals surface area (Å²) in [6.45, 7) is 7.02. The van der Waals surface area contributed by atoms with Crippen molar-refractivity contribution in [2.24, 2.45) is 0 Å². The number of fused-ring (bicyclic) bond motifs is 3. The third-order valence-corrected chi connectivity index (χ3v) is 8.10. The van der Waals surface area contributed by atoms with Gasteiger partial charge in [-0.2, -0.15) is 0 Å². The van der Waals surface area contributed by atoms with Crippen molar-refractivity contribution in [2.45, 2.75) is 50.3 Å². The van der Waals surface area contributed by atoms with Gasteiger partial charge in [-0.3, -0.25) is 19.5 Å². The van der Waals surface area contributed by atoms with E-state index in [-0.39, 0.29) is 16.8 Å². The SMILES string of the molecule is CCOc1ccc(-n2c(SCc3ccc([N+](=O)[O-])cc3)nc3sc4c(c3c2=O)CC(C)(C)OC4)cc1. The number of nitro benzene ring substituents is 1. The third kappa shape index (κ3) is 4.76. The lowest BCUT2D eigenvalue weighted by Gasteiger charge is -2.29. The van der Waals surface area contributed by atoms with Crippen LogP contribution in [0.3, 0.4) is 0 Å². The molecule has 4 aromatic rings. The van der Waals surface area contributed by atoms with Gasteiger partial charge in [0.2, 0.25) is 0 Å². The van der Waals surface area contributed by atoms with Crippen LogP contribution in [0.15, 0.2) is 58.5 Å². The molecule has 8 nitrogen and oxygen atoms in total. The summed E-state index contributed by atoms with van der Waals surface area (Å²) < 4.78 is 13.2. The minimum Gasteiger partial charge on any atom is -0.494 e. The van der Waals surface area contributed by atoms with Gasteiger partial charge in [-0.25, -0.2) is 4.98 Å². The first-order valence-corrected chi connectivity index (χ1v) is 13.4. The van der Waals surface area contributed by atoms with Crippen molar-refractivity contribution in [2.75, 3.05) is 6.61 Å². The highest BCUT2D eigenvalue weighted by atomic mass is 32.2. The van der Waals surface area contributed by atoms with Crippen molar-refractivity contribution in [1.82, 2.24) is 9.55 Å². The molecule has 1 aliphatic rings. The summed E-state index contributed by atoms with van der Waals surface area (Å²) in [7, 11) is 0. The number of thioether (sulfide) groups is 1. The Bertz CT molecular complexity index is 1490. The number of benzene rings is 2. The van der Waals surface area contributed by atoms with Crippen LogP contribution in [0.1, 0.15) is 36.8 Å². The molecular formula is C26H25N3O5S2. The summed E-state index contributed by atoms with van der Waals surface area (Å²) in [5.74, 6) is 1.24. The number of nitrogens with zero attached hydrogens (tertiary/aromatic N) is 3. The smallest absolute Gasteiger partial charge is 0.269 e. The van der Waals surface area contributed by atoms with Gasteiger partial charge in [-0.1, -0.05) is 23.9 Å². The fourth-order valence-electron chi connectivity index (χ4n) is 4.22. The lowest BCUT2D eigenvalue weighted by molar-refractivity contribution is -0.384. The zero-order chi connectivity index (χ0) is 25.4. The van der Waals surface area contributed by atoms with E-state index in [0.29, 0.717) is 46.4 Å². The Morgan fingerprint density at radius 2 is 1.92 bits per heavy atom. The summed E-state index contributed by atoms with van der Waals surface area (Å²) in [5.41, 5.74) is 2.22. The Balaban J connectivity index is 1.60. The van der Waals surface area contributed by atoms with Gasteiger partial charge in [0.25, 0.3) is 11.2 Å². The van der Waals surface area contributed by atoms with Crippen molar-refractivity contribution >= 4 is 39.0 Å². The molecule has 0 saturated carbocycles. The quantitative estimate of drug-likeness (QED) is 0.129. The maximum absolute atomic E-state index is 14.0. The summed E-state index contributed by atoms with van der Waals surface area (Å²) in [6.07, 6.45) is 0.651. The zero-order valence-corrected chi connectivity index (χ0v) is 21.8. The third-order valence-electron chi connectivity index (χ3n) is 6.00. The molecule has 10 heteroatoms. The van der Waals surface area contributed by atoms with Gasteiger partial charge in [-0.05, 0) is 56.2 Å². The van der Waals surface area contributed by atoms with E-state index in [9.17, 15) is 14.9 Å². The minimum absolute atomic E-state index is 0.0453. The molecule has 2 aromatic heterocycles. The maximum Gasteiger partial charge on any atom is 0.269 e. The Hall–Kier alpha value is -3.21. The van der Waals surface area contributed by atoms with Crippen molar-refractivity contribution in [1.29, 1.82) is 0 Å². The molecule has 0 bridgehead atoms. The molecule has 0 atom stereocenters. The molecule has 36 heavy (non-hydrogen) atoms. The van der Waals surface area contributed by atoms with Crippen LogP contribution in [0.4, 0.5) is 5.69 Å². The first kappa shape index (κ1) is 24.5. The summed E-state index contributed by atoms with van der Waals surface area (Å²) >= 11 is 2.94. The molecule has 186 valence electrons. The Morgan fingerprint density at radius 1 is 1.19 bits per heavy atom. The molecule has 0 fully saturated rings. The van der Waals surface area contributed by atoms with Gasteiger partial charge in [0.15, 0.2) is 5.16 Å². The lowest BCUT2D eigenvalue weighted by atomic mass is 9.94. The topological polar surface area (TPSA) is 96.5 Å². The normalized spacial score (nSPS) is 14.5. The average molecular weight is 524 g/mol. The first-order valence-electron chi connectivity index (χ1n) is 11.6. The molecule has 5 rings (SSSR count). The second-order valence-electron chi connectivity index (χ2n) is 9.08. The Labute approximate surface area is 216 Å². The van der Waals surface area contributed by atoms with Crippen LogP contribution in [0.2, 0.25) is 0 Å². The van der Waals surface area contributed by atoms with Crippen LogP contribution in [0, 0.1) is 10.1 Å². The molecule has 0 spiro atoms. The van der Waals surface area contributed by atoms with Crippen LogP contribution in [0.25, 0.3) is 15.9 Å². The van der Waals surface area contributed by atoms with Gasteiger partial charge in [0.1, 0.15) is 10.6 Å². The van der Waals surface area contributed by atoms with Gasteiger partial charge < -0.3 is 9.47 Å². The fraction of sp³-hybridized carbons (Fsp3) is 0.308. The van der Waals surface area contributed by atoms with E-state index in [1.54, 1.807) is 16.7 Å². The van der Waals surface area contributed by atoms with Crippen molar-refractivity contribution < 1.29 is 14.4 Å². The second-order valence-corrected chi connectivity index (χ2v) is 11.1. The number of nitro groups is 1. The number of aromatic nitrogens is 2. The van der Waals surface area contributed by atoms with E-state index in [2.05, 4.69) is 0 Å². The van der Waals surface area contributed by atoms with Gasteiger partial charge in [0.05, 0.1) is 34.8 Å². The molecular weight excluding hydrogens is 498 g/mol. The molecule has 0 amide bonds. The summed E-state index contributed by atoms with van der Waals surface area (Å²) in [5, 5.41) is 12.2. The van der Waals surface area contributed by atoms with Crippen LogP contribution < -0.4 is 10.3 Å². The van der Waals surface area contributed by atoms with Crippen LogP contribution in [0.5, 0.6) is 5.75 Å². The van der Waals surface area contributed by atoms with E-state index < -0.39 is 4.92 Å². The molecule has 1 aliphatic heterocycles. The molecule has 0 saturated heterocycles. The zero-order valence-electron chi connectivity index (χ0n) is 20.1. The number of ether oxygens (including phenoxy) is 2. The van der Waals surface area contributed by atoms with Gasteiger partial charge >= 0.3 is 0 Å². The average Bonchev–Trinajstić information content (AvgIpc) is 3.20. The highest BCUT2D eigenvalue weighted by molar-refractivity contribution is 7.98. The van der Waals surface area contributed by atoms with Crippen LogP contribution in [-0.4, -0.2) is 26.7 Å². The molecule has 0 aliphatic carbocycles. The van der Waals surface area contributed by atoms with Crippen molar-refractivity contribution in [3.8, 4) is 11.4 Å². The fourth-order valence-corrected chi connectivity index (χ4v) is 6.33. The number of non-ortho nitro benzene ring substituents is 1. The predicted molar refractivity (Wildman–Crippen MR) is 142 cm³/mol. The molecule has 2 aromatic carbocycles. The van der Waals surface area contributed by atoms with Crippen LogP contribution in [-0.2, 0) is 23.5 Å². The molecule has 0 N–H and O–H groups in total. The van der Waals surface area contributed by atoms with Gasteiger partial charge in [0, 0.05) is 29.2 Å². The number of hydrogen-bond donors (Lipinski definition) is 0. The largest absolute Gasteiger partial charge is 0.494 e. The number of hydrogen-bond acceptors (Lipinski definition) is 8. The molecule has 3 heterocycles. The van der Waals surface area contributed by atoms with E-state index >= 15 is 0 Å². The van der Waals surface area contributed by atoms with Gasteiger partial charge in [-0.15, -0.1) is 11.3 Å². The lowest BCUT2D eigenvalue weighted by Crippen LogP contribution is -2.32. The Kier molecular flexibility index (Phi) is 6.59. The summed E-state index contributed by atoms with van der Waals surface area (Å²) in [4.78, 5) is 31.3. The number of rotatable bonds is 7. The van der Waals surface area contributed by atoms with E-state index in [4.69, 9.17) is 14.5 Å². The van der Waals surface area contributed by atoms with Crippen molar-refractivity contribution in [3.05, 3.63) is 85.0 Å². The molecule has 0 radical (unpaired) electrons. The van der Waals surface area contributed by atoms with Crippen molar-refractivity contribution in [3.63, 3.8) is 0 Å². The van der Waals surface area contributed by atoms with E-state index in [1.807, 2.05) is 45.0 Å². The number of thiophene rings is 1. The summed E-state index contributed by atoms with van der Waals surface area (Å²) in [6, 6.07) is 13.9. The van der Waals surface area contributed by atoms with E-state index in [1.165, 1.54) is 35.2 Å².